The van der Waals surface area contributed by atoms with Gasteiger partial charge in [0.15, 0.2) is 18.1 Å². The number of hydrogen-bond acceptors (Lipinski definition) is 6. The highest BCUT2D eigenvalue weighted by Gasteiger charge is 2.23. The SMILES string of the molecule is COc1cc(Br)cc(C=Nn2c(C(C)(C)C)nc3ccc(Br)cc3c2=O)c1OCC(=O)O. The Morgan fingerprint density at radius 2 is 1.94 bits per heavy atom. The smallest absolute Gasteiger partial charge is 0.341 e. The van der Waals surface area contributed by atoms with E-state index in [9.17, 15) is 9.59 Å². The summed E-state index contributed by atoms with van der Waals surface area (Å²) in [6.07, 6.45) is 1.42. The average molecular weight is 567 g/mol. The fraction of sp³-hybridized carbons (Fsp3) is 0.273. The number of carboxylic acids is 1. The van der Waals surface area contributed by atoms with Crippen molar-refractivity contribution in [1.29, 1.82) is 0 Å². The molecule has 3 rings (SSSR count). The van der Waals surface area contributed by atoms with Gasteiger partial charge in [0.05, 0.1) is 24.2 Å². The van der Waals surface area contributed by atoms with Crippen molar-refractivity contribution in [2.24, 2.45) is 5.10 Å². The second-order valence-corrected chi connectivity index (χ2v) is 9.75. The third kappa shape index (κ3) is 5.18. The van der Waals surface area contributed by atoms with Crippen LogP contribution in [0.5, 0.6) is 11.5 Å². The molecular weight excluding hydrogens is 546 g/mol. The molecule has 0 fully saturated rings. The summed E-state index contributed by atoms with van der Waals surface area (Å²) in [5.41, 5.74) is 0.199. The molecule has 0 aliphatic rings. The van der Waals surface area contributed by atoms with Crippen molar-refractivity contribution < 1.29 is 19.4 Å². The fourth-order valence-corrected chi connectivity index (χ4v) is 3.80. The quantitative estimate of drug-likeness (QED) is 0.438. The average Bonchev–Trinajstić information content (AvgIpc) is 2.71. The van der Waals surface area contributed by atoms with E-state index in [1.165, 1.54) is 18.0 Å². The highest BCUT2D eigenvalue weighted by atomic mass is 79.9. The van der Waals surface area contributed by atoms with Crippen LogP contribution < -0.4 is 15.0 Å². The van der Waals surface area contributed by atoms with Crippen LogP contribution in [-0.2, 0) is 10.2 Å². The number of ether oxygens (including phenoxy) is 2. The minimum atomic E-state index is -1.13. The highest BCUT2D eigenvalue weighted by molar-refractivity contribution is 9.10. The maximum absolute atomic E-state index is 13.3. The van der Waals surface area contributed by atoms with E-state index in [2.05, 4.69) is 41.9 Å². The molecular formula is C22H21Br2N3O5. The second-order valence-electron chi connectivity index (χ2n) is 7.92. The van der Waals surface area contributed by atoms with Crippen LogP contribution in [0.15, 0.2) is 49.2 Å². The van der Waals surface area contributed by atoms with Crippen molar-refractivity contribution in [2.75, 3.05) is 13.7 Å². The first-order chi connectivity index (χ1) is 15.0. The minimum absolute atomic E-state index is 0.198. The van der Waals surface area contributed by atoms with Crippen molar-refractivity contribution in [3.63, 3.8) is 0 Å². The van der Waals surface area contributed by atoms with E-state index >= 15 is 0 Å². The van der Waals surface area contributed by atoms with Gasteiger partial charge in [-0.1, -0.05) is 52.6 Å². The van der Waals surface area contributed by atoms with Crippen molar-refractivity contribution in [2.45, 2.75) is 26.2 Å². The molecule has 0 unspecified atom stereocenters. The predicted octanol–water partition coefficient (Wildman–Crippen LogP) is 4.57. The Kier molecular flexibility index (Phi) is 7.04. The zero-order chi connectivity index (χ0) is 23.6. The first-order valence-corrected chi connectivity index (χ1v) is 11.1. The van der Waals surface area contributed by atoms with Crippen LogP contribution in [0.3, 0.4) is 0 Å². The van der Waals surface area contributed by atoms with Gasteiger partial charge in [0.1, 0.15) is 5.82 Å². The van der Waals surface area contributed by atoms with Crippen LogP contribution in [-0.4, -0.2) is 40.7 Å². The molecule has 1 N–H and O–H groups in total. The lowest BCUT2D eigenvalue weighted by molar-refractivity contribution is -0.139. The Hall–Kier alpha value is -2.72. The van der Waals surface area contributed by atoms with Crippen LogP contribution in [0.2, 0.25) is 0 Å². The third-order valence-electron chi connectivity index (χ3n) is 4.40. The molecule has 0 saturated heterocycles. The zero-order valence-electron chi connectivity index (χ0n) is 17.8. The summed E-state index contributed by atoms with van der Waals surface area (Å²) in [7, 11) is 1.45. The number of fused-ring (bicyclic) bond motifs is 1. The lowest BCUT2D eigenvalue weighted by Crippen LogP contribution is -2.29. The molecule has 0 amide bonds. The summed E-state index contributed by atoms with van der Waals surface area (Å²) in [6, 6.07) is 8.65. The van der Waals surface area contributed by atoms with Crippen molar-refractivity contribution in [3.05, 3.63) is 61.0 Å². The van der Waals surface area contributed by atoms with Gasteiger partial charge in [-0.3, -0.25) is 4.79 Å². The molecule has 1 heterocycles. The summed E-state index contributed by atoms with van der Waals surface area (Å²) in [5, 5.41) is 13.9. The predicted molar refractivity (Wildman–Crippen MR) is 129 cm³/mol. The van der Waals surface area contributed by atoms with Gasteiger partial charge in [0, 0.05) is 19.9 Å². The highest BCUT2D eigenvalue weighted by Crippen LogP contribution is 2.34. The molecule has 32 heavy (non-hydrogen) atoms. The summed E-state index contributed by atoms with van der Waals surface area (Å²) >= 11 is 6.79. The van der Waals surface area contributed by atoms with Crippen LogP contribution in [0.4, 0.5) is 0 Å². The Labute approximate surface area is 201 Å². The summed E-state index contributed by atoms with van der Waals surface area (Å²) in [5.74, 6) is -0.133. The number of aromatic nitrogens is 2. The molecule has 0 aliphatic heterocycles. The number of methoxy groups -OCH3 is 1. The zero-order valence-corrected chi connectivity index (χ0v) is 21.0. The van der Waals surface area contributed by atoms with Gasteiger partial charge in [-0.2, -0.15) is 9.78 Å². The standard InChI is InChI=1S/C22H21Br2N3O5/c1-22(2,3)21-26-16-6-5-13(23)8-15(16)20(30)27(21)25-10-12-7-14(24)9-17(31-4)19(12)32-11-18(28)29/h5-10H,11H2,1-4H3,(H,28,29). The molecule has 0 spiro atoms. The van der Waals surface area contributed by atoms with Gasteiger partial charge >= 0.3 is 5.97 Å². The monoisotopic (exact) mass is 565 g/mol. The first-order valence-electron chi connectivity index (χ1n) is 9.50. The number of aliphatic carboxylic acids is 1. The van der Waals surface area contributed by atoms with Gasteiger partial charge in [0.25, 0.3) is 5.56 Å². The van der Waals surface area contributed by atoms with E-state index in [-0.39, 0.29) is 11.3 Å². The van der Waals surface area contributed by atoms with Crippen molar-refractivity contribution >= 4 is 54.9 Å². The van der Waals surface area contributed by atoms with Crippen LogP contribution in [0.25, 0.3) is 10.9 Å². The lowest BCUT2D eigenvalue weighted by Gasteiger charge is -2.21. The van der Waals surface area contributed by atoms with E-state index in [0.717, 1.165) is 4.47 Å². The topological polar surface area (TPSA) is 103 Å². The molecule has 0 atom stereocenters. The maximum atomic E-state index is 13.3. The van der Waals surface area contributed by atoms with Gasteiger partial charge in [-0.25, -0.2) is 9.78 Å². The molecule has 2 aromatic carbocycles. The number of rotatable bonds is 6. The Morgan fingerprint density at radius 1 is 1.22 bits per heavy atom. The normalized spacial score (nSPS) is 11.8. The molecule has 8 nitrogen and oxygen atoms in total. The minimum Gasteiger partial charge on any atom is -0.493 e. The van der Waals surface area contributed by atoms with Gasteiger partial charge < -0.3 is 14.6 Å². The molecule has 0 bridgehead atoms. The van der Waals surface area contributed by atoms with E-state index in [4.69, 9.17) is 14.6 Å². The number of carbonyl (C=O) groups is 1. The first kappa shape index (κ1) is 23.9. The fourth-order valence-electron chi connectivity index (χ4n) is 2.99. The van der Waals surface area contributed by atoms with Crippen LogP contribution >= 0.6 is 31.9 Å². The van der Waals surface area contributed by atoms with Gasteiger partial charge in [0.2, 0.25) is 0 Å². The van der Waals surface area contributed by atoms with E-state index in [1.807, 2.05) is 26.8 Å². The lowest BCUT2D eigenvalue weighted by atomic mass is 9.95. The van der Waals surface area contributed by atoms with Crippen LogP contribution in [0.1, 0.15) is 32.2 Å². The van der Waals surface area contributed by atoms with E-state index in [1.54, 1.807) is 24.3 Å². The summed E-state index contributed by atoms with van der Waals surface area (Å²) < 4.78 is 13.4. The van der Waals surface area contributed by atoms with Gasteiger partial charge in [-0.05, 0) is 30.3 Å². The van der Waals surface area contributed by atoms with Crippen LogP contribution in [0, 0.1) is 0 Å². The van der Waals surface area contributed by atoms with E-state index < -0.39 is 18.0 Å². The molecule has 1 aromatic heterocycles. The summed E-state index contributed by atoms with van der Waals surface area (Å²) in [4.78, 5) is 29.0. The number of nitrogens with zero attached hydrogens (tertiary/aromatic N) is 3. The summed E-state index contributed by atoms with van der Waals surface area (Å²) in [6.45, 7) is 5.26. The molecule has 3 aromatic rings. The van der Waals surface area contributed by atoms with Crippen molar-refractivity contribution in [3.8, 4) is 11.5 Å². The van der Waals surface area contributed by atoms with Gasteiger partial charge in [-0.15, -0.1) is 0 Å². The second kappa shape index (κ2) is 9.41. The Morgan fingerprint density at radius 3 is 2.56 bits per heavy atom. The molecule has 0 saturated carbocycles. The number of benzene rings is 2. The Balaban J connectivity index is 2.22. The number of hydrogen-bond donors (Lipinski definition) is 1. The molecule has 0 radical (unpaired) electrons. The molecule has 168 valence electrons. The molecule has 0 aliphatic carbocycles. The van der Waals surface area contributed by atoms with E-state index in [0.29, 0.717) is 32.5 Å². The largest absolute Gasteiger partial charge is 0.493 e. The molecule has 10 heteroatoms. The maximum Gasteiger partial charge on any atom is 0.341 e. The van der Waals surface area contributed by atoms with Crippen molar-refractivity contribution in [1.82, 2.24) is 9.66 Å². The number of carboxylic acid groups (broad SMARTS) is 1. The Bertz CT molecular complexity index is 1280. The third-order valence-corrected chi connectivity index (χ3v) is 5.35. The number of halogens is 2.